The number of hydrogen-bond donors (Lipinski definition) is 7. The minimum Gasteiger partial charge on any atom is -0.508 e. The van der Waals surface area contributed by atoms with Crippen molar-refractivity contribution in [3.05, 3.63) is 76.6 Å². The maximum absolute atomic E-state index is 14.4. The van der Waals surface area contributed by atoms with Crippen LogP contribution in [0.3, 0.4) is 0 Å². The van der Waals surface area contributed by atoms with E-state index >= 15 is 0 Å². The third-order valence-corrected chi connectivity index (χ3v) is 5.92. The van der Waals surface area contributed by atoms with Gasteiger partial charge in [0, 0.05) is 22.9 Å². The van der Waals surface area contributed by atoms with Gasteiger partial charge in [-0.1, -0.05) is 36.4 Å². The Balaban J connectivity index is 1.90. The summed E-state index contributed by atoms with van der Waals surface area (Å²) in [6, 6.07) is 11.0. The normalized spacial score (nSPS) is 26.4. The van der Waals surface area contributed by atoms with Crippen LogP contribution in [0.1, 0.15) is 5.56 Å². The highest BCUT2D eigenvalue weighted by molar-refractivity contribution is 5.73. The Morgan fingerprint density at radius 3 is 2.46 bits per heavy atom. The third kappa shape index (κ3) is 3.75. The number of nitrogens with two attached hydrogens (primary N) is 1. The first-order chi connectivity index (χ1) is 16.6. The predicted molar refractivity (Wildman–Crippen MR) is 117 cm³/mol. The summed E-state index contributed by atoms with van der Waals surface area (Å²) < 4.78 is 20.0. The first-order valence-electron chi connectivity index (χ1n) is 10.3. The molecule has 0 aliphatic carbocycles. The number of aliphatic hydroxyl groups is 4. The van der Waals surface area contributed by atoms with Crippen LogP contribution in [-0.4, -0.2) is 69.9 Å². The molecule has 0 radical (unpaired) electrons. The number of phenols is 1. The fourth-order valence-corrected chi connectivity index (χ4v) is 4.06. The van der Waals surface area contributed by atoms with E-state index in [-0.39, 0.29) is 32.1 Å². The van der Waals surface area contributed by atoms with Gasteiger partial charge in [-0.3, -0.25) is 0 Å². The van der Waals surface area contributed by atoms with E-state index in [1.807, 2.05) is 0 Å². The van der Waals surface area contributed by atoms with Gasteiger partial charge >= 0.3 is 11.6 Å². The number of rotatable bonds is 6. The molecule has 1 aromatic heterocycles. The van der Waals surface area contributed by atoms with E-state index in [1.54, 1.807) is 0 Å². The number of ether oxygens (including phenoxy) is 1. The quantitative estimate of drug-likeness (QED) is 0.170. The number of aromatic hydroxyl groups is 1. The van der Waals surface area contributed by atoms with Crippen molar-refractivity contribution in [2.75, 3.05) is 12.3 Å². The number of para-hydroxylation sites is 1. The molecule has 4 atom stereocenters. The van der Waals surface area contributed by atoms with Crippen LogP contribution in [0, 0.1) is 5.82 Å². The molecule has 1 aliphatic heterocycles. The van der Waals surface area contributed by atoms with Gasteiger partial charge in [-0.15, -0.1) is 5.06 Å². The van der Waals surface area contributed by atoms with Crippen molar-refractivity contribution in [3.63, 3.8) is 0 Å². The summed E-state index contributed by atoms with van der Waals surface area (Å²) in [7, 11) is 0. The summed E-state index contributed by atoms with van der Waals surface area (Å²) in [6.45, 7) is -1.63. The van der Waals surface area contributed by atoms with Crippen molar-refractivity contribution in [1.82, 2.24) is 14.6 Å². The van der Waals surface area contributed by atoms with Gasteiger partial charge in [0.05, 0.1) is 13.2 Å². The monoisotopic (exact) mass is 490 g/mol. The van der Waals surface area contributed by atoms with Gasteiger partial charge in [-0.05, 0) is 12.1 Å². The van der Waals surface area contributed by atoms with E-state index < -0.39 is 54.3 Å². The second-order valence-electron chi connectivity index (χ2n) is 7.96. The van der Waals surface area contributed by atoms with Crippen LogP contribution < -0.4 is 11.4 Å². The zero-order valence-corrected chi connectivity index (χ0v) is 18.1. The van der Waals surface area contributed by atoms with Crippen molar-refractivity contribution in [3.8, 4) is 16.9 Å². The first-order valence-corrected chi connectivity index (χ1v) is 10.3. The van der Waals surface area contributed by atoms with Gasteiger partial charge in [-0.25, -0.2) is 18.7 Å². The highest BCUT2D eigenvalue weighted by Gasteiger charge is 2.70. The lowest BCUT2D eigenvalue weighted by Crippen LogP contribution is -2.68. The first kappa shape index (κ1) is 24.7. The minimum absolute atomic E-state index is 0.0318. The largest absolute Gasteiger partial charge is 0.508 e. The number of aliphatic hydroxyl groups excluding tert-OH is 2. The Morgan fingerprint density at radius 1 is 1.14 bits per heavy atom. The van der Waals surface area contributed by atoms with E-state index in [4.69, 9.17) is 10.5 Å². The molecule has 13 heteroatoms. The van der Waals surface area contributed by atoms with E-state index in [1.165, 1.54) is 42.5 Å². The average molecular weight is 490 g/mol. The molecule has 0 unspecified atom stereocenters. The van der Waals surface area contributed by atoms with Crippen LogP contribution in [0.25, 0.3) is 11.1 Å². The van der Waals surface area contributed by atoms with Crippen LogP contribution in [-0.2, 0) is 17.2 Å². The molecule has 2 aromatic carbocycles. The number of halogens is 1. The molecule has 12 nitrogen and oxygen atoms in total. The number of benzene rings is 2. The van der Waals surface area contributed by atoms with E-state index in [9.17, 15) is 39.9 Å². The Labute approximate surface area is 197 Å². The highest BCUT2D eigenvalue weighted by atomic mass is 19.1. The summed E-state index contributed by atoms with van der Waals surface area (Å²) in [5, 5.41) is 64.3. The third-order valence-electron chi connectivity index (χ3n) is 5.92. The lowest BCUT2D eigenvalue weighted by molar-refractivity contribution is -0.413. The number of nitrogens with zero attached hydrogens (tertiary/aromatic N) is 3. The van der Waals surface area contributed by atoms with Crippen LogP contribution in [0.5, 0.6) is 5.75 Å². The molecule has 1 fully saturated rings. The van der Waals surface area contributed by atoms with Gasteiger partial charge in [0.25, 0.3) is 0 Å². The molecule has 1 aliphatic rings. The van der Waals surface area contributed by atoms with Crippen molar-refractivity contribution < 1.29 is 39.9 Å². The van der Waals surface area contributed by atoms with Crippen LogP contribution in [0.2, 0.25) is 0 Å². The maximum Gasteiger partial charge on any atom is 0.353 e. The molecule has 0 saturated carbocycles. The van der Waals surface area contributed by atoms with Crippen molar-refractivity contribution in [2.24, 2.45) is 0 Å². The molecule has 8 N–H and O–H groups in total. The summed E-state index contributed by atoms with van der Waals surface area (Å²) in [5.41, 5.74) is 1.36. The predicted octanol–water partition coefficient (Wildman–Crippen LogP) is -0.728. The number of hydroxylamine groups is 2. The van der Waals surface area contributed by atoms with Gasteiger partial charge in [0.2, 0.25) is 5.72 Å². The summed E-state index contributed by atoms with van der Waals surface area (Å²) in [4.78, 5) is 16.3. The Hall–Kier alpha value is -3.43. The minimum atomic E-state index is -3.34. The summed E-state index contributed by atoms with van der Waals surface area (Å²) in [5.74, 6) is -4.99. The summed E-state index contributed by atoms with van der Waals surface area (Å²) >= 11 is 0. The lowest BCUT2D eigenvalue weighted by atomic mass is 9.99. The van der Waals surface area contributed by atoms with Crippen molar-refractivity contribution in [2.45, 2.75) is 30.4 Å². The van der Waals surface area contributed by atoms with Gasteiger partial charge in [-0.2, -0.15) is 0 Å². The van der Waals surface area contributed by atoms with E-state index in [0.717, 1.165) is 12.3 Å². The molecule has 0 amide bonds. The Bertz CT molecular complexity index is 1310. The molecule has 0 bridgehead atoms. The van der Waals surface area contributed by atoms with Crippen molar-refractivity contribution >= 4 is 5.82 Å². The zero-order chi connectivity index (χ0) is 25.5. The molecule has 186 valence electrons. The number of anilines is 1. The molecular weight excluding hydrogens is 467 g/mol. The lowest BCUT2D eigenvalue weighted by Gasteiger charge is -2.42. The topological polar surface area (TPSA) is 195 Å². The molecule has 35 heavy (non-hydrogen) atoms. The molecule has 0 spiro atoms. The average Bonchev–Trinajstić information content (AvgIpc) is 3.03. The molecule has 4 rings (SSSR count). The number of aromatic nitrogens is 2. The van der Waals surface area contributed by atoms with Crippen LogP contribution >= 0.6 is 0 Å². The second kappa shape index (κ2) is 8.98. The number of hydrogen-bond acceptors (Lipinski definition) is 11. The highest BCUT2D eigenvalue weighted by Crippen LogP contribution is 2.45. The van der Waals surface area contributed by atoms with Crippen LogP contribution in [0.4, 0.5) is 10.2 Å². The van der Waals surface area contributed by atoms with E-state index in [2.05, 4.69) is 4.98 Å². The Morgan fingerprint density at radius 2 is 1.80 bits per heavy atom. The maximum atomic E-state index is 14.4. The molecule has 3 aromatic rings. The molecular formula is C22H23FN4O8. The van der Waals surface area contributed by atoms with E-state index in [0.29, 0.717) is 0 Å². The second-order valence-corrected chi connectivity index (χ2v) is 7.96. The SMILES string of the molecule is Nc1c(-c2ccccc2F)cnc(=O)n1[C@]1(O)O[C@H](CO)[C@@H](O)[C@]1(O)N(O)Cc1ccccc1O. The fourth-order valence-electron chi connectivity index (χ4n) is 4.06. The number of nitrogen functional groups attached to an aromatic ring is 1. The van der Waals surface area contributed by atoms with Gasteiger partial charge in [0.15, 0.2) is 0 Å². The standard InChI is InChI=1S/C22H23FN4O8/c23-15-7-3-2-6-13(15)14-9-25-20(31)27(19(14)24)22(33)21(32,18(30)17(11-28)35-22)26(34)10-12-5-1-4-8-16(12)29/h1-9,17-18,28-30,32-34H,10-11,24H2/t17-,18-,21-,22-/m1/s1. The smallest absolute Gasteiger partial charge is 0.353 e. The van der Waals surface area contributed by atoms with Gasteiger partial charge in [0.1, 0.15) is 29.6 Å². The molecule has 2 heterocycles. The van der Waals surface area contributed by atoms with Crippen LogP contribution in [0.15, 0.2) is 59.5 Å². The fraction of sp³-hybridized carbons (Fsp3) is 0.273. The zero-order valence-electron chi connectivity index (χ0n) is 18.1. The Kier molecular flexibility index (Phi) is 6.33. The van der Waals surface area contributed by atoms with Gasteiger partial charge < -0.3 is 41.2 Å². The summed E-state index contributed by atoms with van der Waals surface area (Å²) in [6.07, 6.45) is -2.98. The molecule has 1 saturated heterocycles. The van der Waals surface area contributed by atoms with Crippen molar-refractivity contribution in [1.29, 1.82) is 0 Å². The number of phenolic OH excluding ortho intramolecular Hbond substituents is 1.